The number of amides is 1. The van der Waals surface area contributed by atoms with Crippen LogP contribution in [-0.2, 0) is 4.79 Å². The van der Waals surface area contributed by atoms with Crippen molar-refractivity contribution in [2.24, 2.45) is 5.41 Å². The maximum Gasteiger partial charge on any atom is 0.229 e. The van der Waals surface area contributed by atoms with Gasteiger partial charge in [-0.2, -0.15) is 0 Å². The summed E-state index contributed by atoms with van der Waals surface area (Å²) in [4.78, 5) is 17.2. The van der Waals surface area contributed by atoms with Crippen LogP contribution >= 0.6 is 0 Å². The minimum atomic E-state index is -0.261. The number of piperidine rings is 1. The van der Waals surface area contributed by atoms with E-state index < -0.39 is 0 Å². The Labute approximate surface area is 117 Å². The number of likely N-dealkylation sites (tertiary alicyclic amines) is 1. The smallest absolute Gasteiger partial charge is 0.229 e. The van der Waals surface area contributed by atoms with Gasteiger partial charge in [-0.25, -0.2) is 0 Å². The summed E-state index contributed by atoms with van der Waals surface area (Å²) in [5.74, 6) is 0.326. The van der Waals surface area contributed by atoms with Crippen molar-refractivity contribution in [2.45, 2.75) is 46.1 Å². The summed E-state index contributed by atoms with van der Waals surface area (Å²) in [7, 11) is 0. The quantitative estimate of drug-likeness (QED) is 0.838. The minimum absolute atomic E-state index is 0.261. The molecule has 0 aromatic rings. The number of nitrogens with zero attached hydrogens (tertiary/aromatic N) is 2. The van der Waals surface area contributed by atoms with Crippen LogP contribution in [0.25, 0.3) is 0 Å². The standard InChI is InChI=1S/C15H29N3O/c1-13-6-4-5-9-18(13)12-15(2,3)14(19)17-10-7-16-8-11-17/h13,16H,4-12H2,1-3H3. The lowest BCUT2D eigenvalue weighted by Crippen LogP contribution is -2.54. The van der Waals surface area contributed by atoms with Gasteiger partial charge in [0, 0.05) is 38.8 Å². The van der Waals surface area contributed by atoms with E-state index in [-0.39, 0.29) is 5.41 Å². The Kier molecular flexibility index (Phi) is 4.85. The third-order valence-corrected chi connectivity index (χ3v) is 4.52. The second kappa shape index (κ2) is 6.23. The summed E-state index contributed by atoms with van der Waals surface area (Å²) in [6, 6.07) is 0.629. The van der Waals surface area contributed by atoms with Gasteiger partial charge in [-0.3, -0.25) is 9.69 Å². The normalized spacial score (nSPS) is 26.5. The SMILES string of the molecule is CC1CCCCN1CC(C)(C)C(=O)N1CCNCC1. The number of hydrogen-bond acceptors (Lipinski definition) is 3. The molecule has 0 spiro atoms. The number of nitrogens with one attached hydrogen (secondary N) is 1. The van der Waals surface area contributed by atoms with Crippen LogP contribution in [0.15, 0.2) is 0 Å². The first-order valence-corrected chi connectivity index (χ1v) is 7.75. The molecule has 4 nitrogen and oxygen atoms in total. The summed E-state index contributed by atoms with van der Waals surface area (Å²) in [6.07, 6.45) is 3.89. The molecule has 19 heavy (non-hydrogen) atoms. The molecular formula is C15H29N3O. The summed E-state index contributed by atoms with van der Waals surface area (Å²) in [5.41, 5.74) is -0.261. The van der Waals surface area contributed by atoms with Crippen molar-refractivity contribution in [3.63, 3.8) is 0 Å². The zero-order chi connectivity index (χ0) is 13.9. The van der Waals surface area contributed by atoms with E-state index >= 15 is 0 Å². The molecule has 2 rings (SSSR count). The van der Waals surface area contributed by atoms with E-state index in [1.165, 1.54) is 19.3 Å². The van der Waals surface area contributed by atoms with E-state index in [1.807, 2.05) is 4.90 Å². The van der Waals surface area contributed by atoms with E-state index in [1.54, 1.807) is 0 Å². The second-order valence-corrected chi connectivity index (χ2v) is 6.74. The van der Waals surface area contributed by atoms with Crippen molar-refractivity contribution in [1.29, 1.82) is 0 Å². The molecule has 2 aliphatic heterocycles. The first kappa shape index (κ1) is 14.8. The lowest BCUT2D eigenvalue weighted by molar-refractivity contribution is -0.142. The van der Waals surface area contributed by atoms with Gasteiger partial charge in [-0.05, 0) is 40.2 Å². The molecule has 2 heterocycles. The molecule has 110 valence electrons. The average molecular weight is 267 g/mol. The molecule has 2 aliphatic rings. The van der Waals surface area contributed by atoms with Crippen molar-refractivity contribution in [3.05, 3.63) is 0 Å². The van der Waals surface area contributed by atoms with Crippen LogP contribution in [0.5, 0.6) is 0 Å². The van der Waals surface area contributed by atoms with Gasteiger partial charge in [0.1, 0.15) is 0 Å². The molecule has 1 unspecified atom stereocenters. The highest BCUT2D eigenvalue weighted by molar-refractivity contribution is 5.82. The zero-order valence-electron chi connectivity index (χ0n) is 12.7. The van der Waals surface area contributed by atoms with Gasteiger partial charge >= 0.3 is 0 Å². The third-order valence-electron chi connectivity index (χ3n) is 4.52. The van der Waals surface area contributed by atoms with Crippen LogP contribution < -0.4 is 5.32 Å². The number of carbonyl (C=O) groups excluding carboxylic acids is 1. The second-order valence-electron chi connectivity index (χ2n) is 6.74. The van der Waals surface area contributed by atoms with Crippen LogP contribution in [0.3, 0.4) is 0 Å². The van der Waals surface area contributed by atoms with Crippen molar-refractivity contribution < 1.29 is 4.79 Å². The van der Waals surface area contributed by atoms with Crippen molar-refractivity contribution in [2.75, 3.05) is 39.3 Å². The molecule has 2 fully saturated rings. The van der Waals surface area contributed by atoms with E-state index in [4.69, 9.17) is 0 Å². The molecule has 0 aromatic carbocycles. The Hall–Kier alpha value is -0.610. The number of carbonyl (C=O) groups is 1. The van der Waals surface area contributed by atoms with Crippen LogP contribution in [0.4, 0.5) is 0 Å². The van der Waals surface area contributed by atoms with Crippen LogP contribution in [-0.4, -0.2) is 61.0 Å². The van der Waals surface area contributed by atoms with Gasteiger partial charge in [-0.15, -0.1) is 0 Å². The van der Waals surface area contributed by atoms with E-state index in [0.717, 1.165) is 39.3 Å². The fourth-order valence-corrected chi connectivity index (χ4v) is 3.26. The summed E-state index contributed by atoms with van der Waals surface area (Å²) < 4.78 is 0. The van der Waals surface area contributed by atoms with Gasteiger partial charge in [0.05, 0.1) is 5.41 Å². The summed E-state index contributed by atoms with van der Waals surface area (Å²) in [6.45, 7) is 12.2. The van der Waals surface area contributed by atoms with Gasteiger partial charge in [0.2, 0.25) is 5.91 Å². The fourth-order valence-electron chi connectivity index (χ4n) is 3.26. The van der Waals surface area contributed by atoms with E-state index in [2.05, 4.69) is 31.0 Å². The van der Waals surface area contributed by atoms with Crippen LogP contribution in [0.1, 0.15) is 40.0 Å². The van der Waals surface area contributed by atoms with Gasteiger partial charge in [0.25, 0.3) is 0 Å². The molecule has 4 heteroatoms. The number of piperazine rings is 1. The minimum Gasteiger partial charge on any atom is -0.340 e. The van der Waals surface area contributed by atoms with E-state index in [9.17, 15) is 4.79 Å². The average Bonchev–Trinajstić information content (AvgIpc) is 2.41. The molecule has 2 saturated heterocycles. The van der Waals surface area contributed by atoms with Crippen LogP contribution in [0, 0.1) is 5.41 Å². The Balaban J connectivity index is 1.94. The Morgan fingerprint density at radius 1 is 1.21 bits per heavy atom. The Morgan fingerprint density at radius 3 is 2.53 bits per heavy atom. The highest BCUT2D eigenvalue weighted by atomic mass is 16.2. The Morgan fingerprint density at radius 2 is 1.89 bits per heavy atom. The fraction of sp³-hybridized carbons (Fsp3) is 0.933. The maximum atomic E-state index is 12.7. The Bertz CT molecular complexity index is 311. The number of hydrogen-bond donors (Lipinski definition) is 1. The molecule has 0 bridgehead atoms. The zero-order valence-corrected chi connectivity index (χ0v) is 12.7. The predicted molar refractivity (Wildman–Crippen MR) is 78.1 cm³/mol. The van der Waals surface area contributed by atoms with Gasteiger partial charge in [-0.1, -0.05) is 6.42 Å². The highest BCUT2D eigenvalue weighted by Crippen LogP contribution is 2.25. The monoisotopic (exact) mass is 267 g/mol. The largest absolute Gasteiger partial charge is 0.340 e. The number of rotatable bonds is 3. The first-order valence-electron chi connectivity index (χ1n) is 7.75. The van der Waals surface area contributed by atoms with Crippen molar-refractivity contribution in [3.8, 4) is 0 Å². The summed E-state index contributed by atoms with van der Waals surface area (Å²) in [5, 5.41) is 3.31. The lowest BCUT2D eigenvalue weighted by Gasteiger charge is -2.41. The molecule has 1 N–H and O–H groups in total. The molecular weight excluding hydrogens is 238 g/mol. The highest BCUT2D eigenvalue weighted by Gasteiger charge is 2.35. The van der Waals surface area contributed by atoms with Gasteiger partial charge in [0.15, 0.2) is 0 Å². The summed E-state index contributed by atoms with van der Waals surface area (Å²) >= 11 is 0. The molecule has 1 amide bonds. The molecule has 1 atom stereocenters. The topological polar surface area (TPSA) is 35.6 Å². The van der Waals surface area contributed by atoms with Crippen molar-refractivity contribution >= 4 is 5.91 Å². The molecule has 0 radical (unpaired) electrons. The van der Waals surface area contributed by atoms with Crippen molar-refractivity contribution in [1.82, 2.24) is 15.1 Å². The van der Waals surface area contributed by atoms with Gasteiger partial charge < -0.3 is 10.2 Å². The molecule has 0 aromatic heterocycles. The lowest BCUT2D eigenvalue weighted by atomic mass is 9.88. The first-order chi connectivity index (χ1) is 9.00. The van der Waals surface area contributed by atoms with E-state index in [0.29, 0.717) is 11.9 Å². The molecule has 0 saturated carbocycles. The van der Waals surface area contributed by atoms with Crippen LogP contribution in [0.2, 0.25) is 0 Å². The molecule has 0 aliphatic carbocycles. The predicted octanol–water partition coefficient (Wildman–Crippen LogP) is 1.32. The maximum absolute atomic E-state index is 12.7. The third kappa shape index (κ3) is 3.69.